The molecule has 23 heavy (non-hydrogen) atoms. The third kappa shape index (κ3) is 3.15. The Morgan fingerprint density at radius 3 is 2.35 bits per heavy atom. The molecule has 2 aromatic carbocycles. The Morgan fingerprint density at radius 1 is 1.00 bits per heavy atom. The number of sulfonamides is 1. The van der Waals surface area contributed by atoms with Crippen LogP contribution in [-0.4, -0.2) is 44.3 Å². The smallest absolute Gasteiger partial charge is 0.246 e. The molecule has 0 aromatic heterocycles. The fourth-order valence-electron chi connectivity index (χ4n) is 2.92. The molecule has 2 aromatic rings. The van der Waals surface area contributed by atoms with Gasteiger partial charge in [0.05, 0.1) is 6.04 Å². The van der Waals surface area contributed by atoms with E-state index in [1.54, 1.807) is 6.07 Å². The highest BCUT2D eigenvalue weighted by Gasteiger charge is 2.37. The van der Waals surface area contributed by atoms with Crippen molar-refractivity contribution in [2.24, 2.45) is 0 Å². The Bertz CT molecular complexity index is 780. The monoisotopic (exact) mass is 334 g/mol. The molecule has 0 aliphatic carbocycles. The van der Waals surface area contributed by atoms with Crippen LogP contribution in [0.15, 0.2) is 59.5 Å². The van der Waals surface area contributed by atoms with E-state index in [-0.39, 0.29) is 10.9 Å². The summed E-state index contributed by atoms with van der Waals surface area (Å²) in [6, 6.07) is 14.7. The fourth-order valence-corrected chi connectivity index (χ4v) is 4.58. The summed E-state index contributed by atoms with van der Waals surface area (Å²) in [6.07, 6.45) is 0. The molecule has 0 spiro atoms. The van der Waals surface area contributed by atoms with E-state index in [0.29, 0.717) is 19.6 Å². The third-order valence-electron chi connectivity index (χ3n) is 4.14. The summed E-state index contributed by atoms with van der Waals surface area (Å²) in [4.78, 5) is 1.83. The Kier molecular flexibility index (Phi) is 4.48. The Labute approximate surface area is 136 Å². The molecule has 0 saturated carbocycles. The lowest BCUT2D eigenvalue weighted by molar-refractivity contribution is 0.160. The molecule has 0 amide bonds. The lowest BCUT2D eigenvalue weighted by atomic mass is 10.1. The summed E-state index contributed by atoms with van der Waals surface area (Å²) in [5.41, 5.74) is 0.916. The standard InChI is InChI=1S/C17H19FN2O2S/c1-19-11-12-20(16(13-19)14-7-3-2-4-8-14)23(21,22)17-10-6-5-9-15(17)18/h2-10,16H,11-13H2,1H3. The molecule has 1 aliphatic heterocycles. The normalized spacial score (nSPS) is 20.5. The number of halogens is 1. The molecule has 0 radical (unpaired) electrons. The number of hydrogen-bond donors (Lipinski definition) is 0. The highest BCUT2D eigenvalue weighted by Crippen LogP contribution is 2.31. The van der Waals surface area contributed by atoms with Crippen LogP contribution in [-0.2, 0) is 10.0 Å². The maximum atomic E-state index is 14.0. The first kappa shape index (κ1) is 16.1. The van der Waals surface area contributed by atoms with E-state index >= 15 is 0 Å². The van der Waals surface area contributed by atoms with Gasteiger partial charge in [0.15, 0.2) is 0 Å². The van der Waals surface area contributed by atoms with Gasteiger partial charge in [-0.3, -0.25) is 0 Å². The molecule has 3 rings (SSSR count). The van der Waals surface area contributed by atoms with Gasteiger partial charge in [0.2, 0.25) is 10.0 Å². The molecular weight excluding hydrogens is 315 g/mol. The van der Waals surface area contributed by atoms with E-state index in [9.17, 15) is 12.8 Å². The van der Waals surface area contributed by atoms with Gasteiger partial charge < -0.3 is 4.90 Å². The van der Waals surface area contributed by atoms with Crippen LogP contribution < -0.4 is 0 Å². The van der Waals surface area contributed by atoms with Crippen LogP contribution in [0.3, 0.4) is 0 Å². The largest absolute Gasteiger partial charge is 0.303 e. The first-order valence-corrected chi connectivity index (χ1v) is 8.94. The summed E-state index contributed by atoms with van der Waals surface area (Å²) in [7, 11) is -1.92. The van der Waals surface area contributed by atoms with Gasteiger partial charge in [0.1, 0.15) is 10.7 Å². The molecule has 1 unspecified atom stereocenters. The lowest BCUT2D eigenvalue weighted by Gasteiger charge is -2.39. The number of nitrogens with zero attached hydrogens (tertiary/aromatic N) is 2. The van der Waals surface area contributed by atoms with Crippen molar-refractivity contribution in [1.29, 1.82) is 0 Å². The van der Waals surface area contributed by atoms with Gasteiger partial charge in [-0.25, -0.2) is 12.8 Å². The number of rotatable bonds is 3. The van der Waals surface area contributed by atoms with Crippen molar-refractivity contribution in [3.05, 3.63) is 66.0 Å². The average Bonchev–Trinajstić information content (AvgIpc) is 2.55. The Hall–Kier alpha value is -1.76. The number of likely N-dealkylation sites (N-methyl/N-ethyl adjacent to an activating group) is 1. The van der Waals surface area contributed by atoms with Crippen molar-refractivity contribution in [2.75, 3.05) is 26.7 Å². The summed E-state index contributed by atoms with van der Waals surface area (Å²) in [5.74, 6) is -0.710. The fraction of sp³-hybridized carbons (Fsp3) is 0.294. The second-order valence-corrected chi connectivity index (χ2v) is 7.59. The predicted octanol–water partition coefficient (Wildman–Crippen LogP) is 2.50. The van der Waals surface area contributed by atoms with E-state index in [4.69, 9.17) is 0 Å². The molecule has 1 heterocycles. The number of piperazine rings is 1. The molecule has 0 N–H and O–H groups in total. The van der Waals surface area contributed by atoms with Gasteiger partial charge in [-0.2, -0.15) is 4.31 Å². The summed E-state index contributed by atoms with van der Waals surface area (Å²) in [6.45, 7) is 1.54. The molecule has 122 valence electrons. The van der Waals surface area contributed by atoms with Crippen molar-refractivity contribution in [2.45, 2.75) is 10.9 Å². The van der Waals surface area contributed by atoms with Crippen LogP contribution in [0.25, 0.3) is 0 Å². The minimum Gasteiger partial charge on any atom is -0.303 e. The third-order valence-corrected chi connectivity index (χ3v) is 6.08. The maximum absolute atomic E-state index is 14.0. The van der Waals surface area contributed by atoms with Crippen molar-refractivity contribution >= 4 is 10.0 Å². The highest BCUT2D eigenvalue weighted by atomic mass is 32.2. The van der Waals surface area contributed by atoms with Crippen LogP contribution in [0.5, 0.6) is 0 Å². The SMILES string of the molecule is CN1CCN(S(=O)(=O)c2ccccc2F)C(c2ccccc2)C1. The highest BCUT2D eigenvalue weighted by molar-refractivity contribution is 7.89. The van der Waals surface area contributed by atoms with Gasteiger partial charge in [0.25, 0.3) is 0 Å². The second-order valence-electron chi connectivity index (χ2n) is 5.73. The van der Waals surface area contributed by atoms with Crippen molar-refractivity contribution in [1.82, 2.24) is 9.21 Å². The number of benzene rings is 2. The molecule has 1 saturated heterocycles. The Balaban J connectivity index is 2.03. The topological polar surface area (TPSA) is 40.6 Å². The van der Waals surface area contributed by atoms with Crippen molar-refractivity contribution < 1.29 is 12.8 Å². The van der Waals surface area contributed by atoms with Crippen LogP contribution in [0.2, 0.25) is 0 Å². The van der Waals surface area contributed by atoms with Gasteiger partial charge in [-0.05, 0) is 24.7 Å². The first-order chi connectivity index (χ1) is 11.0. The van der Waals surface area contributed by atoms with Crippen LogP contribution in [0, 0.1) is 5.82 Å². The van der Waals surface area contributed by atoms with E-state index in [2.05, 4.69) is 4.90 Å². The molecule has 1 atom stereocenters. The van der Waals surface area contributed by atoms with Crippen molar-refractivity contribution in [3.63, 3.8) is 0 Å². The van der Waals surface area contributed by atoms with Crippen LogP contribution in [0.1, 0.15) is 11.6 Å². The van der Waals surface area contributed by atoms with Gasteiger partial charge in [0, 0.05) is 19.6 Å². The minimum absolute atomic E-state index is 0.259. The van der Waals surface area contributed by atoms with Gasteiger partial charge in [-0.15, -0.1) is 0 Å². The van der Waals surface area contributed by atoms with Crippen molar-refractivity contribution in [3.8, 4) is 0 Å². The second kappa shape index (κ2) is 6.39. The van der Waals surface area contributed by atoms with E-state index < -0.39 is 15.8 Å². The van der Waals surface area contributed by atoms with Crippen LogP contribution in [0.4, 0.5) is 4.39 Å². The molecule has 4 nitrogen and oxygen atoms in total. The molecule has 1 fully saturated rings. The zero-order chi connectivity index (χ0) is 16.4. The molecule has 0 bridgehead atoms. The van der Waals surface area contributed by atoms with Gasteiger partial charge in [-0.1, -0.05) is 42.5 Å². The average molecular weight is 334 g/mol. The summed E-state index contributed by atoms with van der Waals surface area (Å²) < 4.78 is 41.4. The first-order valence-electron chi connectivity index (χ1n) is 7.50. The summed E-state index contributed by atoms with van der Waals surface area (Å²) >= 11 is 0. The Morgan fingerprint density at radius 2 is 1.65 bits per heavy atom. The van der Waals surface area contributed by atoms with E-state index in [1.165, 1.54) is 22.5 Å². The van der Waals surface area contributed by atoms with Crippen LogP contribution >= 0.6 is 0 Å². The predicted molar refractivity (Wildman–Crippen MR) is 87.0 cm³/mol. The zero-order valence-electron chi connectivity index (χ0n) is 12.9. The van der Waals surface area contributed by atoms with E-state index in [0.717, 1.165) is 5.56 Å². The summed E-state index contributed by atoms with van der Waals surface area (Å²) in [5, 5.41) is 0. The molecular formula is C17H19FN2O2S. The lowest BCUT2D eigenvalue weighted by Crippen LogP contribution is -2.49. The minimum atomic E-state index is -3.88. The zero-order valence-corrected chi connectivity index (χ0v) is 13.7. The quantitative estimate of drug-likeness (QED) is 0.866. The molecule has 1 aliphatic rings. The maximum Gasteiger partial charge on any atom is 0.246 e. The number of hydrogen-bond acceptors (Lipinski definition) is 3. The molecule has 6 heteroatoms. The van der Waals surface area contributed by atoms with E-state index in [1.807, 2.05) is 37.4 Å². The van der Waals surface area contributed by atoms with Gasteiger partial charge >= 0.3 is 0 Å².